The van der Waals surface area contributed by atoms with Gasteiger partial charge in [0.25, 0.3) is 0 Å². The molecule has 2 aliphatic rings. The van der Waals surface area contributed by atoms with Crippen molar-refractivity contribution in [3.05, 3.63) is 0 Å². The van der Waals surface area contributed by atoms with Gasteiger partial charge in [0.1, 0.15) is 0 Å². The van der Waals surface area contributed by atoms with Crippen molar-refractivity contribution in [3.63, 3.8) is 0 Å². The first-order valence-corrected chi connectivity index (χ1v) is 6.42. The second-order valence-electron chi connectivity index (χ2n) is 4.23. The Hall–Kier alpha value is -0.420. The molecule has 4 nitrogen and oxygen atoms in total. The first-order valence-electron chi connectivity index (χ1n) is 4.91. The molecule has 0 aromatic carbocycles. The summed E-state index contributed by atoms with van der Waals surface area (Å²) >= 11 is 0. The van der Waals surface area contributed by atoms with E-state index in [1.54, 1.807) is 6.26 Å². The van der Waals surface area contributed by atoms with E-state index in [1.165, 1.54) is 0 Å². The number of carboxylic acids is 1. The summed E-state index contributed by atoms with van der Waals surface area (Å²) in [6.45, 7) is 1.38. The molecule has 1 saturated carbocycles. The summed E-state index contributed by atoms with van der Waals surface area (Å²) < 4.78 is 13.2. The smallest absolute Gasteiger partial charge is 0.307 e. The minimum absolute atomic E-state index is 0.185. The van der Waals surface area contributed by atoms with Crippen molar-refractivity contribution in [2.75, 3.05) is 19.3 Å². The van der Waals surface area contributed by atoms with E-state index in [2.05, 4.69) is 0 Å². The van der Waals surface area contributed by atoms with Gasteiger partial charge < -0.3 is 5.11 Å². The van der Waals surface area contributed by atoms with Crippen LogP contribution in [0.5, 0.6) is 0 Å². The van der Waals surface area contributed by atoms with E-state index < -0.39 is 17.0 Å². The van der Waals surface area contributed by atoms with Crippen LogP contribution in [-0.4, -0.2) is 38.9 Å². The number of carboxylic acid groups (broad SMARTS) is 1. The monoisotopic (exact) mass is 217 g/mol. The van der Waals surface area contributed by atoms with Crippen molar-refractivity contribution in [1.82, 2.24) is 4.31 Å². The minimum Gasteiger partial charge on any atom is -0.481 e. The molecule has 5 heteroatoms. The minimum atomic E-state index is -0.941. The first kappa shape index (κ1) is 10.1. The molecule has 1 heterocycles. The Morgan fingerprint density at radius 2 is 1.86 bits per heavy atom. The van der Waals surface area contributed by atoms with Gasteiger partial charge in [0.2, 0.25) is 0 Å². The molecule has 1 aliphatic carbocycles. The summed E-state index contributed by atoms with van der Waals surface area (Å²) in [5.41, 5.74) is 0. The number of piperidine rings is 1. The molecule has 2 bridgehead atoms. The van der Waals surface area contributed by atoms with Crippen LogP contribution in [0.25, 0.3) is 0 Å². The van der Waals surface area contributed by atoms with Crippen molar-refractivity contribution in [3.8, 4) is 0 Å². The number of carbonyl (C=O) groups is 1. The van der Waals surface area contributed by atoms with Crippen LogP contribution in [0.4, 0.5) is 0 Å². The summed E-state index contributed by atoms with van der Waals surface area (Å²) in [7, 11) is -0.941. The zero-order valence-electron chi connectivity index (χ0n) is 8.18. The molecule has 0 amide bonds. The number of nitrogens with zero attached hydrogens (tertiary/aromatic N) is 1. The first-order chi connectivity index (χ1) is 6.59. The van der Waals surface area contributed by atoms with Crippen molar-refractivity contribution >= 4 is 17.0 Å². The maximum absolute atomic E-state index is 11.3. The zero-order chi connectivity index (χ0) is 10.3. The molecule has 2 fully saturated rings. The predicted molar refractivity (Wildman–Crippen MR) is 53.0 cm³/mol. The Morgan fingerprint density at radius 3 is 2.21 bits per heavy atom. The molecule has 0 aromatic rings. The van der Waals surface area contributed by atoms with Gasteiger partial charge in [-0.25, -0.2) is 8.51 Å². The molecule has 0 spiro atoms. The van der Waals surface area contributed by atoms with Crippen LogP contribution < -0.4 is 0 Å². The van der Waals surface area contributed by atoms with Crippen molar-refractivity contribution in [1.29, 1.82) is 0 Å². The maximum Gasteiger partial charge on any atom is 0.307 e. The normalized spacial score (nSPS) is 39.6. The standard InChI is InChI=1S/C9H15NO3S/c1-14(13)10-4-6-2-3-7(5-10)8(6)9(11)12/h6-8H,2-5H2,1H3,(H,11,12). The van der Waals surface area contributed by atoms with Gasteiger partial charge in [0, 0.05) is 19.3 Å². The van der Waals surface area contributed by atoms with Crippen LogP contribution in [0.3, 0.4) is 0 Å². The third-order valence-corrected chi connectivity index (χ3v) is 4.47. The fourth-order valence-corrected chi connectivity index (χ4v) is 3.60. The quantitative estimate of drug-likeness (QED) is 0.725. The summed E-state index contributed by atoms with van der Waals surface area (Å²) in [4.78, 5) is 11.0. The molecule has 3 unspecified atom stereocenters. The molecule has 80 valence electrons. The van der Waals surface area contributed by atoms with E-state index in [1.807, 2.05) is 4.31 Å². The van der Waals surface area contributed by atoms with Gasteiger partial charge in [-0.15, -0.1) is 0 Å². The van der Waals surface area contributed by atoms with Gasteiger partial charge >= 0.3 is 5.97 Å². The van der Waals surface area contributed by atoms with Crippen molar-refractivity contribution in [2.45, 2.75) is 12.8 Å². The number of hydrogen-bond donors (Lipinski definition) is 1. The fourth-order valence-electron chi connectivity index (χ4n) is 2.79. The third-order valence-electron chi connectivity index (χ3n) is 3.45. The maximum atomic E-state index is 11.3. The molecule has 1 N–H and O–H groups in total. The lowest BCUT2D eigenvalue weighted by molar-refractivity contribution is -0.145. The van der Waals surface area contributed by atoms with E-state index in [-0.39, 0.29) is 17.8 Å². The highest BCUT2D eigenvalue weighted by Gasteiger charge is 2.46. The van der Waals surface area contributed by atoms with Gasteiger partial charge in [-0.3, -0.25) is 4.79 Å². The topological polar surface area (TPSA) is 57.6 Å². The van der Waals surface area contributed by atoms with Crippen LogP contribution in [0, 0.1) is 17.8 Å². The lowest BCUT2D eigenvalue weighted by Gasteiger charge is -2.34. The Labute approximate surface area is 85.9 Å². The lowest BCUT2D eigenvalue weighted by Crippen LogP contribution is -2.45. The summed E-state index contributed by atoms with van der Waals surface area (Å²) in [6.07, 6.45) is 3.63. The molecule has 0 radical (unpaired) electrons. The van der Waals surface area contributed by atoms with E-state index in [4.69, 9.17) is 5.11 Å². The van der Waals surface area contributed by atoms with Crippen LogP contribution in [0.1, 0.15) is 12.8 Å². The molecule has 2 rings (SSSR count). The summed E-state index contributed by atoms with van der Waals surface area (Å²) in [5.74, 6) is -0.417. The van der Waals surface area contributed by atoms with E-state index >= 15 is 0 Å². The number of fused-ring (bicyclic) bond motifs is 2. The van der Waals surface area contributed by atoms with Crippen molar-refractivity contribution in [2.24, 2.45) is 17.8 Å². The van der Waals surface area contributed by atoms with E-state index in [0.717, 1.165) is 12.8 Å². The van der Waals surface area contributed by atoms with Gasteiger partial charge in [-0.1, -0.05) is 0 Å². The zero-order valence-corrected chi connectivity index (χ0v) is 9.00. The predicted octanol–water partition coefficient (Wildman–Crippen LogP) is 0.323. The second kappa shape index (κ2) is 3.62. The molecule has 3 atom stereocenters. The van der Waals surface area contributed by atoms with Crippen LogP contribution in [0.15, 0.2) is 0 Å². The van der Waals surface area contributed by atoms with Crippen LogP contribution >= 0.6 is 0 Å². The molecule has 1 saturated heterocycles. The number of rotatable bonds is 2. The highest BCUT2D eigenvalue weighted by molar-refractivity contribution is 7.81. The molecular weight excluding hydrogens is 202 g/mol. The SMILES string of the molecule is CS(=O)N1CC2CCC(C1)C2C(=O)O. The highest BCUT2D eigenvalue weighted by atomic mass is 32.2. The summed E-state index contributed by atoms with van der Waals surface area (Å²) in [5, 5.41) is 9.05. The summed E-state index contributed by atoms with van der Waals surface area (Å²) in [6, 6.07) is 0. The number of hydrogen-bond acceptors (Lipinski definition) is 2. The molecular formula is C9H15NO3S. The highest BCUT2D eigenvalue weighted by Crippen LogP contribution is 2.42. The van der Waals surface area contributed by atoms with E-state index in [0.29, 0.717) is 13.1 Å². The fraction of sp³-hybridized carbons (Fsp3) is 0.889. The Balaban J connectivity index is 2.12. The largest absolute Gasteiger partial charge is 0.481 e. The van der Waals surface area contributed by atoms with Gasteiger partial charge in [0.15, 0.2) is 0 Å². The average molecular weight is 217 g/mol. The van der Waals surface area contributed by atoms with E-state index in [9.17, 15) is 9.00 Å². The lowest BCUT2D eigenvalue weighted by atomic mass is 9.86. The van der Waals surface area contributed by atoms with Gasteiger partial charge in [-0.05, 0) is 24.7 Å². The van der Waals surface area contributed by atoms with Crippen LogP contribution in [0.2, 0.25) is 0 Å². The molecule has 0 aromatic heterocycles. The third kappa shape index (κ3) is 1.59. The molecule has 14 heavy (non-hydrogen) atoms. The number of aliphatic carboxylic acids is 1. The Morgan fingerprint density at radius 1 is 1.36 bits per heavy atom. The van der Waals surface area contributed by atoms with Crippen molar-refractivity contribution < 1.29 is 14.1 Å². The van der Waals surface area contributed by atoms with Gasteiger partial charge in [0.05, 0.1) is 16.9 Å². The van der Waals surface area contributed by atoms with Gasteiger partial charge in [-0.2, -0.15) is 0 Å². The molecule has 1 aliphatic heterocycles. The second-order valence-corrected chi connectivity index (χ2v) is 5.60. The average Bonchev–Trinajstić information content (AvgIpc) is 2.37. The Kier molecular flexibility index (Phi) is 2.62. The Bertz CT molecular complexity index is 267. The van der Waals surface area contributed by atoms with Crippen LogP contribution in [-0.2, 0) is 15.8 Å².